The van der Waals surface area contributed by atoms with Gasteiger partial charge in [-0.15, -0.1) is 0 Å². The van der Waals surface area contributed by atoms with E-state index in [-0.39, 0.29) is 6.09 Å². The van der Waals surface area contributed by atoms with Crippen LogP contribution in [-0.4, -0.2) is 53.1 Å². The maximum absolute atomic E-state index is 11.5. The highest BCUT2D eigenvalue weighted by Gasteiger charge is 2.58. The number of hydrogen-bond acceptors (Lipinski definition) is 4. The molecule has 0 aromatic rings. The highest BCUT2D eigenvalue weighted by Crippen LogP contribution is 2.36. The third-order valence-corrected chi connectivity index (χ3v) is 2.70. The summed E-state index contributed by atoms with van der Waals surface area (Å²) < 4.78 is 10.5. The Balaban J connectivity index is 1.82. The van der Waals surface area contributed by atoms with E-state index in [1.165, 1.54) is 0 Å². The Bertz CT molecular complexity index is 278. The van der Waals surface area contributed by atoms with Crippen molar-refractivity contribution in [2.75, 3.05) is 19.7 Å². The largest absolute Gasteiger partial charge is 0.444 e. The van der Waals surface area contributed by atoms with E-state index in [2.05, 4.69) is 0 Å². The van der Waals surface area contributed by atoms with Crippen molar-refractivity contribution >= 4 is 6.09 Å². The van der Waals surface area contributed by atoms with Gasteiger partial charge in [0.15, 0.2) is 0 Å². The lowest BCUT2D eigenvalue weighted by molar-refractivity contribution is -0.285. The zero-order valence-corrected chi connectivity index (χ0v) is 9.32. The van der Waals surface area contributed by atoms with E-state index in [4.69, 9.17) is 9.47 Å². The first-order valence-corrected chi connectivity index (χ1v) is 5.12. The maximum atomic E-state index is 11.5. The van der Waals surface area contributed by atoms with Crippen molar-refractivity contribution in [2.24, 2.45) is 0 Å². The van der Waals surface area contributed by atoms with Crippen LogP contribution in [0.3, 0.4) is 0 Å². The lowest BCUT2D eigenvalue weighted by Crippen LogP contribution is -2.76. The SMILES string of the molecule is CC(C)(C)OC(=O)N1CC2(C1)OC[C@@H]2O. The molecule has 86 valence electrons. The lowest BCUT2D eigenvalue weighted by atomic mass is 9.84. The van der Waals surface area contributed by atoms with Crippen molar-refractivity contribution in [1.29, 1.82) is 0 Å². The summed E-state index contributed by atoms with van der Waals surface area (Å²) in [5, 5.41) is 9.45. The second kappa shape index (κ2) is 3.09. The third kappa shape index (κ3) is 1.81. The zero-order chi connectivity index (χ0) is 11.3. The van der Waals surface area contributed by atoms with Crippen LogP contribution >= 0.6 is 0 Å². The van der Waals surface area contributed by atoms with Gasteiger partial charge in [-0.05, 0) is 20.8 Å². The Morgan fingerprint density at radius 3 is 2.47 bits per heavy atom. The number of amides is 1. The minimum atomic E-state index is -0.489. The summed E-state index contributed by atoms with van der Waals surface area (Å²) in [6, 6.07) is 0. The molecule has 0 unspecified atom stereocenters. The van der Waals surface area contributed by atoms with E-state index in [0.717, 1.165) is 0 Å². The fourth-order valence-corrected chi connectivity index (χ4v) is 1.75. The molecule has 0 aromatic carbocycles. The van der Waals surface area contributed by atoms with E-state index in [9.17, 15) is 9.90 Å². The molecule has 0 bridgehead atoms. The fraction of sp³-hybridized carbons (Fsp3) is 0.900. The number of hydrogen-bond donors (Lipinski definition) is 1. The molecule has 0 aromatic heterocycles. The molecule has 1 amide bonds. The van der Waals surface area contributed by atoms with Gasteiger partial charge in [0.05, 0.1) is 19.7 Å². The standard InChI is InChI=1S/C10H17NO4/c1-9(2,3)15-8(13)11-5-10(6-11)7(12)4-14-10/h7,12H,4-6H2,1-3H3/t7-/m0/s1. The fourth-order valence-electron chi connectivity index (χ4n) is 1.75. The average Bonchev–Trinajstić information content (AvgIpc) is 1.95. The van der Waals surface area contributed by atoms with Gasteiger partial charge in [0.25, 0.3) is 0 Å². The Labute approximate surface area is 89.0 Å². The van der Waals surface area contributed by atoms with Gasteiger partial charge in [-0.2, -0.15) is 0 Å². The monoisotopic (exact) mass is 215 g/mol. The van der Waals surface area contributed by atoms with Crippen molar-refractivity contribution < 1.29 is 19.4 Å². The first kappa shape index (κ1) is 10.7. The highest BCUT2D eigenvalue weighted by molar-refractivity contribution is 5.69. The quantitative estimate of drug-likeness (QED) is 0.634. The summed E-state index contributed by atoms with van der Waals surface area (Å²) in [4.78, 5) is 13.1. The highest BCUT2D eigenvalue weighted by atomic mass is 16.6. The summed E-state index contributed by atoms with van der Waals surface area (Å²) in [5.41, 5.74) is -0.962. The van der Waals surface area contributed by atoms with Gasteiger partial charge in [-0.3, -0.25) is 0 Å². The number of likely N-dealkylation sites (tertiary alicyclic amines) is 1. The molecule has 2 heterocycles. The van der Waals surface area contributed by atoms with E-state index in [0.29, 0.717) is 19.7 Å². The van der Waals surface area contributed by atoms with Gasteiger partial charge in [0.2, 0.25) is 0 Å². The second-order valence-electron chi connectivity index (χ2n) is 5.23. The summed E-state index contributed by atoms with van der Waals surface area (Å²) in [6.45, 7) is 6.73. The third-order valence-electron chi connectivity index (χ3n) is 2.70. The topological polar surface area (TPSA) is 59.0 Å². The van der Waals surface area contributed by atoms with Gasteiger partial charge < -0.3 is 19.5 Å². The lowest BCUT2D eigenvalue weighted by Gasteiger charge is -2.57. The molecular weight excluding hydrogens is 198 g/mol. The van der Waals surface area contributed by atoms with Crippen LogP contribution in [-0.2, 0) is 9.47 Å². The molecule has 0 radical (unpaired) electrons. The number of rotatable bonds is 0. The molecule has 2 saturated heterocycles. The van der Waals surface area contributed by atoms with Crippen molar-refractivity contribution in [2.45, 2.75) is 38.1 Å². The van der Waals surface area contributed by atoms with Crippen LogP contribution in [0.5, 0.6) is 0 Å². The van der Waals surface area contributed by atoms with Crippen LogP contribution in [0.15, 0.2) is 0 Å². The van der Waals surface area contributed by atoms with Gasteiger partial charge in [-0.1, -0.05) is 0 Å². The van der Waals surface area contributed by atoms with Crippen molar-refractivity contribution in [3.05, 3.63) is 0 Å². The second-order valence-corrected chi connectivity index (χ2v) is 5.23. The molecule has 2 rings (SSSR count). The van der Waals surface area contributed by atoms with Crippen LogP contribution < -0.4 is 0 Å². The minimum Gasteiger partial charge on any atom is -0.444 e. The van der Waals surface area contributed by atoms with Gasteiger partial charge in [0.1, 0.15) is 17.3 Å². The summed E-state index contributed by atoms with van der Waals surface area (Å²) in [5.74, 6) is 0. The Morgan fingerprint density at radius 2 is 2.13 bits per heavy atom. The number of aliphatic hydroxyl groups excluding tert-OH is 1. The molecule has 0 saturated carbocycles. The molecule has 5 nitrogen and oxygen atoms in total. The van der Waals surface area contributed by atoms with Crippen LogP contribution in [0.4, 0.5) is 4.79 Å². The number of carbonyl (C=O) groups is 1. The first-order chi connectivity index (χ1) is 6.82. The molecule has 1 spiro atoms. The average molecular weight is 215 g/mol. The predicted molar refractivity (Wildman–Crippen MR) is 52.5 cm³/mol. The molecule has 2 aliphatic heterocycles. The van der Waals surface area contributed by atoms with Gasteiger partial charge in [0, 0.05) is 0 Å². The van der Waals surface area contributed by atoms with Crippen LogP contribution in [0.25, 0.3) is 0 Å². The summed E-state index contributed by atoms with van der Waals surface area (Å²) in [6.07, 6.45) is -0.771. The summed E-state index contributed by atoms with van der Waals surface area (Å²) >= 11 is 0. The van der Waals surface area contributed by atoms with Crippen molar-refractivity contribution in [3.8, 4) is 0 Å². The van der Waals surface area contributed by atoms with E-state index >= 15 is 0 Å². The molecule has 1 atom stereocenters. The number of nitrogens with zero attached hydrogens (tertiary/aromatic N) is 1. The van der Waals surface area contributed by atoms with Crippen LogP contribution in [0.2, 0.25) is 0 Å². The van der Waals surface area contributed by atoms with E-state index in [1.54, 1.807) is 4.90 Å². The van der Waals surface area contributed by atoms with Gasteiger partial charge in [-0.25, -0.2) is 4.79 Å². The summed E-state index contributed by atoms with van der Waals surface area (Å²) in [7, 11) is 0. The maximum Gasteiger partial charge on any atom is 0.410 e. The predicted octanol–water partition coefficient (Wildman–Crippen LogP) is 0.367. The van der Waals surface area contributed by atoms with Crippen molar-refractivity contribution in [1.82, 2.24) is 4.90 Å². The first-order valence-electron chi connectivity index (χ1n) is 5.12. The molecule has 2 fully saturated rings. The molecular formula is C10H17NO4. The smallest absolute Gasteiger partial charge is 0.410 e. The Morgan fingerprint density at radius 1 is 1.53 bits per heavy atom. The minimum absolute atomic E-state index is 0.337. The molecule has 1 N–H and O–H groups in total. The molecule has 0 aliphatic carbocycles. The Hall–Kier alpha value is -0.810. The van der Waals surface area contributed by atoms with E-state index in [1.807, 2.05) is 20.8 Å². The molecule has 15 heavy (non-hydrogen) atoms. The number of carbonyl (C=O) groups excluding carboxylic acids is 1. The normalized spacial score (nSPS) is 28.3. The molecule has 2 aliphatic rings. The van der Waals surface area contributed by atoms with Crippen molar-refractivity contribution in [3.63, 3.8) is 0 Å². The zero-order valence-electron chi connectivity index (χ0n) is 9.32. The Kier molecular flexibility index (Phi) is 2.20. The van der Waals surface area contributed by atoms with Gasteiger partial charge >= 0.3 is 6.09 Å². The van der Waals surface area contributed by atoms with E-state index < -0.39 is 17.3 Å². The van der Waals surface area contributed by atoms with Crippen LogP contribution in [0.1, 0.15) is 20.8 Å². The van der Waals surface area contributed by atoms with Crippen LogP contribution in [0, 0.1) is 0 Å². The number of aliphatic hydroxyl groups is 1. The number of ether oxygens (including phenoxy) is 2. The molecule has 5 heteroatoms.